The fraction of sp³-hybridized carbons (Fsp3) is 0.579. The van der Waals surface area contributed by atoms with Crippen LogP contribution in [0, 0.1) is 0 Å². The van der Waals surface area contributed by atoms with Crippen molar-refractivity contribution in [1.29, 1.82) is 0 Å². The van der Waals surface area contributed by atoms with Crippen molar-refractivity contribution < 1.29 is 18.0 Å². The van der Waals surface area contributed by atoms with Gasteiger partial charge in [-0.1, -0.05) is 0 Å². The van der Waals surface area contributed by atoms with Crippen molar-refractivity contribution in [3.05, 3.63) is 29.8 Å². The summed E-state index contributed by atoms with van der Waals surface area (Å²) in [6.07, 6.45) is 1.47. The van der Waals surface area contributed by atoms with Gasteiger partial charge in [0, 0.05) is 29.8 Å². The average molecular weight is 398 g/mol. The van der Waals surface area contributed by atoms with Crippen LogP contribution in [0.3, 0.4) is 0 Å². The van der Waals surface area contributed by atoms with E-state index in [4.69, 9.17) is 0 Å². The number of benzene rings is 1. The summed E-state index contributed by atoms with van der Waals surface area (Å²) in [7, 11) is -3.25. The topological polar surface area (TPSA) is 104 Å². The highest BCUT2D eigenvalue weighted by atomic mass is 32.2. The van der Waals surface area contributed by atoms with Crippen LogP contribution in [0.15, 0.2) is 24.3 Å². The lowest BCUT2D eigenvalue weighted by atomic mass is 10.1. The van der Waals surface area contributed by atoms with Crippen LogP contribution >= 0.6 is 0 Å². The zero-order chi connectivity index (χ0) is 20.7. The Labute approximate surface area is 162 Å². The first-order chi connectivity index (χ1) is 12.4. The van der Waals surface area contributed by atoms with E-state index in [1.54, 1.807) is 38.1 Å². The van der Waals surface area contributed by atoms with Crippen molar-refractivity contribution in [2.24, 2.45) is 0 Å². The molecule has 0 aliphatic rings. The second-order valence-electron chi connectivity index (χ2n) is 7.77. The monoisotopic (exact) mass is 397 g/mol. The minimum atomic E-state index is -3.25. The zero-order valence-corrected chi connectivity index (χ0v) is 17.6. The first-order valence-corrected chi connectivity index (χ1v) is 10.7. The Kier molecular flexibility index (Phi) is 8.43. The highest BCUT2D eigenvalue weighted by molar-refractivity contribution is 7.90. The molecule has 3 N–H and O–H groups in total. The van der Waals surface area contributed by atoms with Crippen LogP contribution in [0.25, 0.3) is 0 Å². The van der Waals surface area contributed by atoms with Crippen molar-refractivity contribution in [1.82, 2.24) is 10.0 Å². The first-order valence-electron chi connectivity index (χ1n) is 9.11. The number of carbonyl (C=O) groups is 2. The number of hydrogen-bond donors (Lipinski definition) is 3. The van der Waals surface area contributed by atoms with Gasteiger partial charge in [0.2, 0.25) is 15.9 Å². The molecule has 0 atom stereocenters. The van der Waals surface area contributed by atoms with Gasteiger partial charge in [-0.25, -0.2) is 13.1 Å². The summed E-state index contributed by atoms with van der Waals surface area (Å²) in [6.45, 7) is 9.29. The van der Waals surface area contributed by atoms with Crippen molar-refractivity contribution in [3.8, 4) is 0 Å². The number of unbranched alkanes of at least 4 members (excludes halogenated alkanes) is 1. The van der Waals surface area contributed by atoms with E-state index in [-0.39, 0.29) is 17.4 Å². The Balaban J connectivity index is 2.38. The van der Waals surface area contributed by atoms with Crippen LogP contribution in [0.2, 0.25) is 0 Å². The third-order valence-corrected chi connectivity index (χ3v) is 5.52. The number of hydrogen-bond acceptors (Lipinski definition) is 4. The molecule has 2 amide bonds. The Morgan fingerprint density at radius 3 is 2.15 bits per heavy atom. The van der Waals surface area contributed by atoms with Crippen LogP contribution < -0.4 is 15.4 Å². The zero-order valence-electron chi connectivity index (χ0n) is 16.8. The third-order valence-electron chi connectivity index (χ3n) is 3.67. The molecule has 8 heteroatoms. The Bertz CT molecular complexity index is 735. The molecule has 1 aromatic carbocycles. The summed E-state index contributed by atoms with van der Waals surface area (Å²) < 4.78 is 25.7. The predicted octanol–water partition coefficient (Wildman–Crippen LogP) is 2.65. The molecule has 0 spiro atoms. The Hall–Kier alpha value is -1.93. The molecule has 0 saturated carbocycles. The molecule has 0 aromatic heterocycles. The number of nitrogens with one attached hydrogen (secondary N) is 3. The summed E-state index contributed by atoms with van der Waals surface area (Å²) in [5, 5.41) is 5.19. The van der Waals surface area contributed by atoms with Gasteiger partial charge in [0.05, 0.1) is 5.25 Å². The summed E-state index contributed by atoms with van der Waals surface area (Å²) in [4.78, 5) is 24.0. The van der Waals surface area contributed by atoms with Gasteiger partial charge < -0.3 is 10.6 Å². The highest BCUT2D eigenvalue weighted by Gasteiger charge is 2.16. The van der Waals surface area contributed by atoms with E-state index in [0.717, 1.165) is 0 Å². The van der Waals surface area contributed by atoms with Crippen LogP contribution in [0.4, 0.5) is 5.69 Å². The lowest BCUT2D eigenvalue weighted by molar-refractivity contribution is -0.116. The van der Waals surface area contributed by atoms with Crippen LogP contribution in [0.5, 0.6) is 0 Å². The van der Waals surface area contributed by atoms with Gasteiger partial charge in [0.1, 0.15) is 0 Å². The van der Waals surface area contributed by atoms with E-state index >= 15 is 0 Å². The summed E-state index contributed by atoms with van der Waals surface area (Å²) in [6, 6.07) is 6.70. The van der Waals surface area contributed by atoms with Crippen molar-refractivity contribution in [3.63, 3.8) is 0 Å². The summed E-state index contributed by atoms with van der Waals surface area (Å²) >= 11 is 0. The molecule has 27 heavy (non-hydrogen) atoms. The average Bonchev–Trinajstić information content (AvgIpc) is 2.53. The molecule has 1 aromatic rings. The molecule has 7 nitrogen and oxygen atoms in total. The minimum Gasteiger partial charge on any atom is -0.347 e. The van der Waals surface area contributed by atoms with E-state index in [0.29, 0.717) is 37.1 Å². The SMILES string of the molecule is CC(C)S(=O)(=O)NCCCCC(=O)Nc1ccc(C(=O)NC(C)(C)C)cc1. The standard InChI is InChI=1S/C19H31N3O4S/c1-14(2)27(25,26)20-13-7-6-8-17(23)21-16-11-9-15(10-12-16)18(24)22-19(3,4)5/h9-12,14,20H,6-8,13H2,1-5H3,(H,21,23)(H,22,24). The van der Waals surface area contributed by atoms with Gasteiger partial charge in [-0.3, -0.25) is 9.59 Å². The molecule has 0 aliphatic carbocycles. The molecule has 0 unspecified atom stereocenters. The fourth-order valence-electron chi connectivity index (χ4n) is 2.13. The van der Waals surface area contributed by atoms with E-state index in [1.165, 1.54) is 0 Å². The largest absolute Gasteiger partial charge is 0.347 e. The quantitative estimate of drug-likeness (QED) is 0.557. The maximum Gasteiger partial charge on any atom is 0.251 e. The van der Waals surface area contributed by atoms with E-state index < -0.39 is 15.3 Å². The Morgan fingerprint density at radius 2 is 1.63 bits per heavy atom. The number of carbonyl (C=O) groups excluding carboxylic acids is 2. The van der Waals surface area contributed by atoms with E-state index in [2.05, 4.69) is 15.4 Å². The van der Waals surface area contributed by atoms with E-state index in [9.17, 15) is 18.0 Å². The second kappa shape index (κ2) is 9.85. The van der Waals surface area contributed by atoms with Gasteiger partial charge in [-0.2, -0.15) is 0 Å². The third kappa shape index (κ3) is 9.01. The number of sulfonamides is 1. The molecule has 0 aliphatic heterocycles. The van der Waals surface area contributed by atoms with Crippen molar-refractivity contribution >= 4 is 27.5 Å². The lowest BCUT2D eigenvalue weighted by Gasteiger charge is -2.20. The van der Waals surface area contributed by atoms with Crippen LogP contribution in [-0.2, 0) is 14.8 Å². The molecular weight excluding hydrogens is 366 g/mol. The number of rotatable bonds is 9. The molecule has 1 rings (SSSR count). The van der Waals surface area contributed by atoms with Gasteiger partial charge in [0.15, 0.2) is 0 Å². The lowest BCUT2D eigenvalue weighted by Crippen LogP contribution is -2.40. The van der Waals surface area contributed by atoms with Gasteiger partial charge in [0.25, 0.3) is 5.91 Å². The second-order valence-corrected chi connectivity index (χ2v) is 10.1. The number of amides is 2. The minimum absolute atomic E-state index is 0.145. The maximum absolute atomic E-state index is 12.1. The smallest absolute Gasteiger partial charge is 0.251 e. The highest BCUT2D eigenvalue weighted by Crippen LogP contribution is 2.12. The Morgan fingerprint density at radius 1 is 1.04 bits per heavy atom. The molecular formula is C19H31N3O4S. The maximum atomic E-state index is 12.1. The van der Waals surface area contributed by atoms with Gasteiger partial charge >= 0.3 is 0 Å². The molecule has 0 radical (unpaired) electrons. The van der Waals surface area contributed by atoms with Gasteiger partial charge in [-0.05, 0) is 71.7 Å². The van der Waals surface area contributed by atoms with Crippen LogP contribution in [-0.4, -0.2) is 37.6 Å². The molecule has 152 valence electrons. The molecule has 0 saturated heterocycles. The number of anilines is 1. The summed E-state index contributed by atoms with van der Waals surface area (Å²) in [5.74, 6) is -0.308. The fourth-order valence-corrected chi connectivity index (χ4v) is 2.90. The molecule has 0 heterocycles. The molecule has 0 bridgehead atoms. The molecule has 0 fully saturated rings. The van der Waals surface area contributed by atoms with Crippen molar-refractivity contribution in [2.45, 2.75) is 64.7 Å². The predicted molar refractivity (Wildman–Crippen MR) is 108 cm³/mol. The van der Waals surface area contributed by atoms with Gasteiger partial charge in [-0.15, -0.1) is 0 Å². The van der Waals surface area contributed by atoms with Crippen LogP contribution in [0.1, 0.15) is 64.2 Å². The first kappa shape index (κ1) is 23.1. The van der Waals surface area contributed by atoms with Crippen molar-refractivity contribution in [2.75, 3.05) is 11.9 Å². The van der Waals surface area contributed by atoms with E-state index in [1.807, 2.05) is 20.8 Å². The normalized spacial score (nSPS) is 12.1. The summed E-state index contributed by atoms with van der Waals surface area (Å²) in [5.41, 5.74) is 0.834.